The summed E-state index contributed by atoms with van der Waals surface area (Å²) in [6.45, 7) is 0. The Balaban J connectivity index is 0.000000492. The molecule has 1 aliphatic rings. The van der Waals surface area contributed by atoms with Crippen molar-refractivity contribution in [3.05, 3.63) is 34.9 Å². The lowest BCUT2D eigenvalue weighted by atomic mass is 10.0. The Kier molecular flexibility index (Phi) is 5.52. The van der Waals surface area contributed by atoms with E-state index in [2.05, 4.69) is 9.47 Å². The van der Waals surface area contributed by atoms with Gasteiger partial charge in [0.05, 0.1) is 12.7 Å². The molecule has 0 atom stereocenters. The van der Waals surface area contributed by atoms with Crippen molar-refractivity contribution in [2.24, 2.45) is 0 Å². The molecule has 0 spiro atoms. The van der Waals surface area contributed by atoms with E-state index < -0.39 is 0 Å². The van der Waals surface area contributed by atoms with Crippen molar-refractivity contribution in [3.8, 4) is 0 Å². The van der Waals surface area contributed by atoms with E-state index in [-0.39, 0.29) is 5.97 Å². The Morgan fingerprint density at radius 3 is 2.28 bits per heavy atom. The van der Waals surface area contributed by atoms with Gasteiger partial charge in [-0.05, 0) is 42.5 Å². The van der Waals surface area contributed by atoms with Gasteiger partial charge in [-0.2, -0.15) is 0 Å². The molecule has 4 heteroatoms. The fourth-order valence-electron chi connectivity index (χ4n) is 1.63. The minimum absolute atomic E-state index is 0.388. The predicted molar refractivity (Wildman–Crippen MR) is 68.1 cm³/mol. The Bertz CT molecular complexity index is 422. The van der Waals surface area contributed by atoms with E-state index in [0.29, 0.717) is 17.0 Å². The molecule has 0 aliphatic heterocycles. The van der Waals surface area contributed by atoms with E-state index in [9.17, 15) is 9.59 Å². The molecule has 0 saturated heterocycles. The Labute approximate surface area is 107 Å². The van der Waals surface area contributed by atoms with Crippen LogP contribution in [0.2, 0.25) is 0 Å². The highest BCUT2D eigenvalue weighted by Gasteiger charge is 2.24. The lowest BCUT2D eigenvalue weighted by molar-refractivity contribution is 0.0600. The van der Waals surface area contributed by atoms with Gasteiger partial charge in [0.2, 0.25) is 0 Å². The molecule has 0 amide bonds. The molecule has 1 aromatic rings. The van der Waals surface area contributed by atoms with Gasteiger partial charge in [0.15, 0.2) is 0 Å². The molecule has 0 aromatic heterocycles. The van der Waals surface area contributed by atoms with Crippen LogP contribution in [0.3, 0.4) is 0 Å². The SMILES string of the molecule is COC.COC(=O)c1cc(C=O)cc(C2CC2)c1. The van der Waals surface area contributed by atoms with Crippen LogP contribution in [0.15, 0.2) is 18.2 Å². The highest BCUT2D eigenvalue weighted by atomic mass is 16.5. The average molecular weight is 250 g/mol. The normalized spacial score (nSPS) is 13.3. The van der Waals surface area contributed by atoms with Gasteiger partial charge in [0.25, 0.3) is 0 Å². The molecular weight excluding hydrogens is 232 g/mol. The van der Waals surface area contributed by atoms with Crippen LogP contribution in [-0.4, -0.2) is 33.6 Å². The van der Waals surface area contributed by atoms with E-state index in [1.54, 1.807) is 20.3 Å². The van der Waals surface area contributed by atoms with Crippen molar-refractivity contribution in [2.75, 3.05) is 21.3 Å². The van der Waals surface area contributed by atoms with Crippen molar-refractivity contribution in [1.82, 2.24) is 0 Å². The molecule has 4 nitrogen and oxygen atoms in total. The molecule has 2 rings (SSSR count). The smallest absolute Gasteiger partial charge is 0.337 e. The third-order valence-electron chi connectivity index (χ3n) is 2.58. The lowest BCUT2D eigenvalue weighted by Gasteiger charge is -2.04. The van der Waals surface area contributed by atoms with Crippen LogP contribution in [-0.2, 0) is 9.47 Å². The van der Waals surface area contributed by atoms with Gasteiger partial charge in [-0.15, -0.1) is 0 Å². The average Bonchev–Trinajstić information content (AvgIpc) is 3.22. The minimum Gasteiger partial charge on any atom is -0.465 e. The lowest BCUT2D eigenvalue weighted by Crippen LogP contribution is -2.03. The summed E-state index contributed by atoms with van der Waals surface area (Å²) in [7, 11) is 4.59. The number of aldehydes is 1. The first-order valence-corrected chi connectivity index (χ1v) is 5.74. The second-order valence-corrected chi connectivity index (χ2v) is 4.18. The monoisotopic (exact) mass is 250 g/mol. The third kappa shape index (κ3) is 3.96. The van der Waals surface area contributed by atoms with E-state index in [0.717, 1.165) is 24.7 Å². The van der Waals surface area contributed by atoms with E-state index in [4.69, 9.17) is 0 Å². The van der Waals surface area contributed by atoms with Gasteiger partial charge in [-0.3, -0.25) is 4.79 Å². The van der Waals surface area contributed by atoms with Crippen molar-refractivity contribution < 1.29 is 19.1 Å². The number of hydrogen-bond acceptors (Lipinski definition) is 4. The second kappa shape index (κ2) is 6.91. The molecule has 98 valence electrons. The number of ether oxygens (including phenoxy) is 2. The number of benzene rings is 1. The van der Waals surface area contributed by atoms with Crippen LogP contribution in [0, 0.1) is 0 Å². The highest BCUT2D eigenvalue weighted by Crippen LogP contribution is 2.40. The molecule has 0 bridgehead atoms. The molecule has 1 aliphatic carbocycles. The van der Waals surface area contributed by atoms with Crippen molar-refractivity contribution in [3.63, 3.8) is 0 Å². The Morgan fingerprint density at radius 2 is 1.83 bits per heavy atom. The molecule has 1 aromatic carbocycles. The summed E-state index contributed by atoms with van der Waals surface area (Å²) in [5.74, 6) is 0.133. The minimum atomic E-state index is -0.388. The topological polar surface area (TPSA) is 52.6 Å². The zero-order valence-electron chi connectivity index (χ0n) is 10.9. The van der Waals surface area contributed by atoms with Gasteiger partial charge in [0, 0.05) is 19.8 Å². The summed E-state index contributed by atoms with van der Waals surface area (Å²) in [4.78, 5) is 22.1. The summed E-state index contributed by atoms with van der Waals surface area (Å²) in [6, 6.07) is 5.22. The van der Waals surface area contributed by atoms with Crippen molar-refractivity contribution in [1.29, 1.82) is 0 Å². The number of esters is 1. The summed E-state index contributed by atoms with van der Waals surface area (Å²) in [5.41, 5.74) is 2.07. The van der Waals surface area contributed by atoms with E-state index in [1.807, 2.05) is 12.1 Å². The maximum atomic E-state index is 11.3. The van der Waals surface area contributed by atoms with Crippen LogP contribution in [0.1, 0.15) is 45.0 Å². The summed E-state index contributed by atoms with van der Waals surface area (Å²) >= 11 is 0. The predicted octanol–water partition coefficient (Wildman–Crippen LogP) is 2.43. The molecule has 1 saturated carbocycles. The van der Waals surface area contributed by atoms with Crippen LogP contribution in [0.25, 0.3) is 0 Å². The van der Waals surface area contributed by atoms with Crippen LogP contribution >= 0.6 is 0 Å². The Morgan fingerprint density at radius 1 is 1.22 bits per heavy atom. The third-order valence-corrected chi connectivity index (χ3v) is 2.58. The zero-order chi connectivity index (χ0) is 13.5. The number of methoxy groups -OCH3 is 2. The largest absolute Gasteiger partial charge is 0.465 e. The number of rotatable bonds is 3. The van der Waals surface area contributed by atoms with Gasteiger partial charge >= 0.3 is 5.97 Å². The number of carbonyl (C=O) groups is 2. The van der Waals surface area contributed by atoms with Gasteiger partial charge in [0.1, 0.15) is 6.29 Å². The molecule has 0 unspecified atom stereocenters. The van der Waals surface area contributed by atoms with Crippen LogP contribution in [0.5, 0.6) is 0 Å². The fraction of sp³-hybridized carbons (Fsp3) is 0.429. The highest BCUT2D eigenvalue weighted by molar-refractivity contribution is 5.92. The zero-order valence-corrected chi connectivity index (χ0v) is 10.9. The molecule has 0 heterocycles. The quantitative estimate of drug-likeness (QED) is 0.610. The number of carbonyl (C=O) groups excluding carboxylic acids is 2. The van der Waals surface area contributed by atoms with Gasteiger partial charge in [-0.1, -0.05) is 0 Å². The molecule has 18 heavy (non-hydrogen) atoms. The van der Waals surface area contributed by atoms with Gasteiger partial charge in [-0.25, -0.2) is 4.79 Å². The van der Waals surface area contributed by atoms with Crippen molar-refractivity contribution in [2.45, 2.75) is 18.8 Å². The second-order valence-electron chi connectivity index (χ2n) is 4.18. The maximum Gasteiger partial charge on any atom is 0.337 e. The number of hydrogen-bond donors (Lipinski definition) is 0. The van der Waals surface area contributed by atoms with E-state index in [1.165, 1.54) is 7.11 Å². The first-order valence-electron chi connectivity index (χ1n) is 5.74. The Hall–Kier alpha value is -1.68. The maximum absolute atomic E-state index is 11.3. The molecule has 0 N–H and O–H groups in total. The molecule has 1 fully saturated rings. The summed E-state index contributed by atoms with van der Waals surface area (Å²) in [5, 5.41) is 0. The first-order chi connectivity index (χ1) is 8.65. The molecular formula is C14H18O4. The van der Waals surface area contributed by atoms with Crippen molar-refractivity contribution >= 4 is 12.3 Å². The summed E-state index contributed by atoms with van der Waals surface area (Å²) in [6.07, 6.45) is 3.05. The van der Waals surface area contributed by atoms with E-state index >= 15 is 0 Å². The fourth-order valence-corrected chi connectivity index (χ4v) is 1.63. The first kappa shape index (κ1) is 14.4. The summed E-state index contributed by atoms with van der Waals surface area (Å²) < 4.78 is 8.89. The van der Waals surface area contributed by atoms with Crippen LogP contribution < -0.4 is 0 Å². The molecule has 0 radical (unpaired) electrons. The standard InChI is InChI=1S/C12H12O3.C2H6O/c1-15-12(14)11-5-8(7-13)4-10(6-11)9-2-3-9;1-3-2/h4-7,9H,2-3H2,1H3;1-2H3. The van der Waals surface area contributed by atoms with Crippen LogP contribution in [0.4, 0.5) is 0 Å². The van der Waals surface area contributed by atoms with Gasteiger partial charge < -0.3 is 9.47 Å².